The summed E-state index contributed by atoms with van der Waals surface area (Å²) in [6.07, 6.45) is 1.92. The molecule has 1 heterocycles. The van der Waals surface area contributed by atoms with E-state index in [1.165, 1.54) is 0 Å². The summed E-state index contributed by atoms with van der Waals surface area (Å²) in [4.78, 5) is 26.9. The van der Waals surface area contributed by atoms with Crippen LogP contribution in [0.3, 0.4) is 0 Å². The third-order valence-electron chi connectivity index (χ3n) is 4.77. The molecule has 5 heteroatoms. The first-order valence-electron chi connectivity index (χ1n) is 9.52. The predicted octanol–water partition coefficient (Wildman–Crippen LogP) is 2.90. The zero-order valence-electron chi connectivity index (χ0n) is 15.7. The van der Waals surface area contributed by atoms with Gasteiger partial charge in [-0.15, -0.1) is 0 Å². The molecule has 1 saturated heterocycles. The number of hydrogen-bond acceptors (Lipinski definition) is 4. The van der Waals surface area contributed by atoms with E-state index in [0.717, 1.165) is 32.5 Å². The van der Waals surface area contributed by atoms with Gasteiger partial charge in [-0.25, -0.2) is 0 Å². The van der Waals surface area contributed by atoms with Gasteiger partial charge in [-0.2, -0.15) is 0 Å². The number of ketones is 1. The number of nitrogens with zero attached hydrogens (tertiary/aromatic N) is 1. The first-order chi connectivity index (χ1) is 13.2. The minimum Gasteiger partial charge on any atom is -0.484 e. The van der Waals surface area contributed by atoms with Crippen molar-refractivity contribution >= 4 is 11.7 Å². The molecule has 1 unspecified atom stereocenters. The lowest BCUT2D eigenvalue weighted by Crippen LogP contribution is -2.44. The molecule has 1 amide bonds. The highest BCUT2D eigenvalue weighted by atomic mass is 16.5. The van der Waals surface area contributed by atoms with Crippen molar-refractivity contribution in [2.24, 2.45) is 0 Å². The number of hydrogen-bond donors (Lipinski definition) is 1. The van der Waals surface area contributed by atoms with Crippen molar-refractivity contribution in [2.75, 3.05) is 26.2 Å². The molecule has 0 bridgehead atoms. The number of carbonyl (C=O) groups excluding carboxylic acids is 2. The van der Waals surface area contributed by atoms with Crippen LogP contribution in [0.1, 0.15) is 35.7 Å². The van der Waals surface area contributed by atoms with Gasteiger partial charge in [0.25, 0.3) is 5.91 Å². The largest absolute Gasteiger partial charge is 0.484 e. The van der Waals surface area contributed by atoms with Gasteiger partial charge < -0.3 is 15.0 Å². The number of rotatable bonds is 8. The monoisotopic (exact) mass is 366 g/mol. The molecule has 2 aromatic carbocycles. The molecule has 1 atom stereocenters. The average Bonchev–Trinajstić information content (AvgIpc) is 3.25. The van der Waals surface area contributed by atoms with Crippen LogP contribution >= 0.6 is 0 Å². The Hall–Kier alpha value is -2.66. The Bertz CT molecular complexity index is 753. The maximum atomic E-state index is 12.6. The van der Waals surface area contributed by atoms with Crippen LogP contribution in [0.15, 0.2) is 54.6 Å². The van der Waals surface area contributed by atoms with Crippen LogP contribution in [-0.4, -0.2) is 48.9 Å². The van der Waals surface area contributed by atoms with E-state index < -0.39 is 0 Å². The molecule has 5 nitrogen and oxygen atoms in total. The second kappa shape index (κ2) is 9.33. The Labute approximate surface area is 160 Å². The second-order valence-corrected chi connectivity index (χ2v) is 6.74. The van der Waals surface area contributed by atoms with Crippen molar-refractivity contribution in [2.45, 2.75) is 25.8 Å². The van der Waals surface area contributed by atoms with Crippen molar-refractivity contribution in [3.63, 3.8) is 0 Å². The van der Waals surface area contributed by atoms with Gasteiger partial charge in [0, 0.05) is 30.3 Å². The van der Waals surface area contributed by atoms with Crippen LogP contribution in [0.4, 0.5) is 0 Å². The standard InChI is InChI=1S/C22H26N2O3/c1-2-14-24(19-12-13-23-15-19)21(25)16-27-20-10-8-18(9-11-20)22(26)17-6-4-3-5-7-17/h3-11,19,23H,2,12-16H2,1H3. The molecule has 1 aliphatic rings. The Balaban J connectivity index is 1.57. The Morgan fingerprint density at radius 2 is 1.78 bits per heavy atom. The van der Waals surface area contributed by atoms with Gasteiger partial charge in [0.2, 0.25) is 0 Å². The van der Waals surface area contributed by atoms with Crippen molar-refractivity contribution in [3.8, 4) is 5.75 Å². The zero-order chi connectivity index (χ0) is 19.1. The van der Waals surface area contributed by atoms with Crippen molar-refractivity contribution < 1.29 is 14.3 Å². The molecule has 1 N–H and O–H groups in total. The summed E-state index contributed by atoms with van der Waals surface area (Å²) in [5, 5.41) is 3.30. The summed E-state index contributed by atoms with van der Waals surface area (Å²) >= 11 is 0. The minimum atomic E-state index is -0.0268. The lowest BCUT2D eigenvalue weighted by atomic mass is 10.0. The van der Waals surface area contributed by atoms with E-state index in [-0.39, 0.29) is 24.3 Å². The van der Waals surface area contributed by atoms with Gasteiger partial charge in [0.1, 0.15) is 5.75 Å². The van der Waals surface area contributed by atoms with Crippen LogP contribution < -0.4 is 10.1 Å². The van der Waals surface area contributed by atoms with E-state index in [2.05, 4.69) is 12.2 Å². The SMILES string of the molecule is CCCN(C(=O)COc1ccc(C(=O)c2ccccc2)cc1)C1CCNC1. The fourth-order valence-electron chi connectivity index (χ4n) is 3.34. The summed E-state index contributed by atoms with van der Waals surface area (Å²) in [6.45, 7) is 4.64. The fourth-order valence-corrected chi connectivity index (χ4v) is 3.34. The van der Waals surface area contributed by atoms with E-state index in [9.17, 15) is 9.59 Å². The van der Waals surface area contributed by atoms with Crippen LogP contribution in [0.2, 0.25) is 0 Å². The highest BCUT2D eigenvalue weighted by Crippen LogP contribution is 2.16. The molecular weight excluding hydrogens is 340 g/mol. The fraction of sp³-hybridized carbons (Fsp3) is 0.364. The number of nitrogens with one attached hydrogen (secondary N) is 1. The maximum Gasteiger partial charge on any atom is 0.260 e. The zero-order valence-corrected chi connectivity index (χ0v) is 15.7. The van der Waals surface area contributed by atoms with Crippen molar-refractivity contribution in [1.82, 2.24) is 10.2 Å². The predicted molar refractivity (Wildman–Crippen MR) is 105 cm³/mol. The first-order valence-corrected chi connectivity index (χ1v) is 9.52. The van der Waals surface area contributed by atoms with Crippen LogP contribution in [0.25, 0.3) is 0 Å². The van der Waals surface area contributed by atoms with Gasteiger partial charge in [0.15, 0.2) is 12.4 Å². The number of carbonyl (C=O) groups is 2. The molecule has 1 fully saturated rings. The number of ether oxygens (including phenoxy) is 1. The molecule has 1 aliphatic heterocycles. The molecule has 0 spiro atoms. The van der Waals surface area contributed by atoms with Crippen LogP contribution in [0.5, 0.6) is 5.75 Å². The lowest BCUT2D eigenvalue weighted by Gasteiger charge is -2.28. The highest BCUT2D eigenvalue weighted by Gasteiger charge is 2.26. The molecule has 0 aliphatic carbocycles. The Morgan fingerprint density at radius 1 is 1.07 bits per heavy atom. The van der Waals surface area contributed by atoms with Gasteiger partial charge >= 0.3 is 0 Å². The molecule has 142 valence electrons. The van der Waals surface area contributed by atoms with E-state index in [0.29, 0.717) is 16.9 Å². The molecular formula is C22H26N2O3. The number of amides is 1. The lowest BCUT2D eigenvalue weighted by molar-refractivity contribution is -0.135. The summed E-state index contributed by atoms with van der Waals surface area (Å²) < 4.78 is 5.67. The highest BCUT2D eigenvalue weighted by molar-refractivity contribution is 6.08. The maximum absolute atomic E-state index is 12.6. The summed E-state index contributed by atoms with van der Waals surface area (Å²) in [5.74, 6) is 0.574. The summed E-state index contributed by atoms with van der Waals surface area (Å²) in [5.41, 5.74) is 1.26. The molecule has 27 heavy (non-hydrogen) atoms. The Kier molecular flexibility index (Phi) is 6.60. The summed E-state index contributed by atoms with van der Waals surface area (Å²) in [6, 6.07) is 16.4. The van der Waals surface area contributed by atoms with Crippen LogP contribution in [-0.2, 0) is 4.79 Å². The second-order valence-electron chi connectivity index (χ2n) is 6.74. The first kappa shape index (κ1) is 19.1. The molecule has 2 aromatic rings. The molecule has 0 saturated carbocycles. The molecule has 3 rings (SSSR count). The van der Waals surface area contributed by atoms with Gasteiger partial charge in [-0.3, -0.25) is 9.59 Å². The van der Waals surface area contributed by atoms with Gasteiger partial charge in [0.05, 0.1) is 0 Å². The molecule has 0 radical (unpaired) electrons. The van der Waals surface area contributed by atoms with Gasteiger partial charge in [-0.1, -0.05) is 37.3 Å². The quantitative estimate of drug-likeness (QED) is 0.730. The average molecular weight is 366 g/mol. The van der Waals surface area contributed by atoms with E-state index in [4.69, 9.17) is 4.74 Å². The minimum absolute atomic E-state index is 0.00925. The van der Waals surface area contributed by atoms with Crippen molar-refractivity contribution in [3.05, 3.63) is 65.7 Å². The van der Waals surface area contributed by atoms with E-state index in [1.807, 2.05) is 23.1 Å². The molecule has 0 aromatic heterocycles. The third-order valence-corrected chi connectivity index (χ3v) is 4.77. The van der Waals surface area contributed by atoms with E-state index >= 15 is 0 Å². The van der Waals surface area contributed by atoms with E-state index in [1.54, 1.807) is 36.4 Å². The Morgan fingerprint density at radius 3 is 2.41 bits per heavy atom. The summed E-state index contributed by atoms with van der Waals surface area (Å²) in [7, 11) is 0. The van der Waals surface area contributed by atoms with Gasteiger partial charge in [-0.05, 0) is 43.7 Å². The number of benzene rings is 2. The topological polar surface area (TPSA) is 58.6 Å². The van der Waals surface area contributed by atoms with Crippen LogP contribution in [0, 0.1) is 0 Å². The smallest absolute Gasteiger partial charge is 0.260 e. The normalized spacial score (nSPS) is 16.1. The third kappa shape index (κ3) is 4.95. The van der Waals surface area contributed by atoms with Crippen molar-refractivity contribution in [1.29, 1.82) is 0 Å².